The number of sulfonamides is 1. The lowest BCUT2D eigenvalue weighted by Crippen LogP contribution is -2.42. The van der Waals surface area contributed by atoms with Crippen molar-refractivity contribution >= 4 is 21.8 Å². The summed E-state index contributed by atoms with van der Waals surface area (Å²) in [5, 5.41) is 13.6. The van der Waals surface area contributed by atoms with Gasteiger partial charge in [-0.3, -0.25) is 5.32 Å². The summed E-state index contributed by atoms with van der Waals surface area (Å²) in [6.45, 7) is -0.105. The Morgan fingerprint density at radius 2 is 1.78 bits per heavy atom. The van der Waals surface area contributed by atoms with Gasteiger partial charge in [0.1, 0.15) is 5.60 Å². The van der Waals surface area contributed by atoms with Gasteiger partial charge in [-0.25, -0.2) is 17.9 Å². The van der Waals surface area contributed by atoms with Crippen LogP contribution in [-0.2, 0) is 20.4 Å². The molecule has 0 bridgehead atoms. The number of benzene rings is 2. The fourth-order valence-corrected chi connectivity index (χ4v) is 4.02. The molecule has 0 saturated heterocycles. The van der Waals surface area contributed by atoms with Gasteiger partial charge >= 0.3 is 6.09 Å². The first-order valence-electron chi connectivity index (χ1n) is 8.58. The van der Waals surface area contributed by atoms with E-state index >= 15 is 0 Å². The molecule has 0 heterocycles. The van der Waals surface area contributed by atoms with Crippen LogP contribution in [0.25, 0.3) is 0 Å². The third-order valence-corrected chi connectivity index (χ3v) is 6.07. The van der Waals surface area contributed by atoms with Crippen molar-refractivity contribution in [2.45, 2.75) is 23.3 Å². The van der Waals surface area contributed by atoms with E-state index in [1.54, 1.807) is 12.1 Å². The van der Waals surface area contributed by atoms with Crippen LogP contribution in [0.2, 0.25) is 0 Å². The maximum Gasteiger partial charge on any atom is 0.411 e. The Bertz CT molecular complexity index is 895. The highest BCUT2D eigenvalue weighted by molar-refractivity contribution is 7.89. The largest absolute Gasteiger partial charge is 0.453 e. The van der Waals surface area contributed by atoms with E-state index < -0.39 is 21.7 Å². The number of carbonyl (C=O) groups excluding carboxylic acids is 1. The number of amides is 1. The summed E-state index contributed by atoms with van der Waals surface area (Å²) in [5.41, 5.74) is -0.117. The van der Waals surface area contributed by atoms with E-state index in [0.29, 0.717) is 11.3 Å². The molecule has 8 heteroatoms. The van der Waals surface area contributed by atoms with E-state index in [-0.39, 0.29) is 17.4 Å². The minimum atomic E-state index is -3.81. The fraction of sp³-hybridized carbons (Fsp3) is 0.316. The first kappa shape index (κ1) is 19.3. The van der Waals surface area contributed by atoms with Gasteiger partial charge in [-0.2, -0.15) is 0 Å². The zero-order valence-corrected chi connectivity index (χ0v) is 15.7. The van der Waals surface area contributed by atoms with Gasteiger partial charge in [-0.1, -0.05) is 30.3 Å². The molecule has 144 valence electrons. The molecule has 1 unspecified atom stereocenters. The Morgan fingerprint density at radius 1 is 1.15 bits per heavy atom. The van der Waals surface area contributed by atoms with E-state index in [9.17, 15) is 18.3 Å². The molecule has 1 aliphatic carbocycles. The second-order valence-electron chi connectivity index (χ2n) is 6.53. The van der Waals surface area contributed by atoms with Gasteiger partial charge in [0.2, 0.25) is 10.0 Å². The molecule has 3 rings (SSSR count). The predicted octanol–water partition coefficient (Wildman–Crippen LogP) is 2.44. The van der Waals surface area contributed by atoms with E-state index in [1.807, 2.05) is 18.2 Å². The molecule has 0 spiro atoms. The Balaban J connectivity index is 1.73. The first-order chi connectivity index (χ1) is 12.8. The lowest BCUT2D eigenvalue weighted by molar-refractivity contribution is 0.0185. The van der Waals surface area contributed by atoms with Crippen LogP contribution in [0.5, 0.6) is 0 Å². The van der Waals surface area contributed by atoms with E-state index in [0.717, 1.165) is 12.8 Å². The monoisotopic (exact) mass is 390 g/mol. The van der Waals surface area contributed by atoms with Gasteiger partial charge in [-0.15, -0.1) is 0 Å². The molecule has 1 aliphatic rings. The minimum absolute atomic E-state index is 0.0363. The molecule has 1 saturated carbocycles. The number of carbonyl (C=O) groups is 1. The molecule has 0 radical (unpaired) electrons. The number of nitrogens with one attached hydrogen (secondary N) is 2. The average Bonchev–Trinajstić information content (AvgIpc) is 3.53. The van der Waals surface area contributed by atoms with Gasteiger partial charge in [0.05, 0.1) is 12.0 Å². The predicted molar refractivity (Wildman–Crippen MR) is 101 cm³/mol. The molecule has 0 aromatic heterocycles. The van der Waals surface area contributed by atoms with Crippen molar-refractivity contribution < 1.29 is 23.1 Å². The third kappa shape index (κ3) is 4.47. The van der Waals surface area contributed by atoms with Crippen molar-refractivity contribution in [1.82, 2.24) is 4.72 Å². The summed E-state index contributed by atoms with van der Waals surface area (Å²) in [6, 6.07) is 14.8. The zero-order valence-electron chi connectivity index (χ0n) is 14.9. The van der Waals surface area contributed by atoms with Crippen molar-refractivity contribution in [2.24, 2.45) is 5.92 Å². The van der Waals surface area contributed by atoms with E-state index in [1.165, 1.54) is 31.4 Å². The van der Waals surface area contributed by atoms with E-state index in [2.05, 4.69) is 14.8 Å². The Labute approximate surface area is 158 Å². The smallest absolute Gasteiger partial charge is 0.411 e. The molecule has 0 aliphatic heterocycles. The molecule has 1 fully saturated rings. The number of ether oxygens (including phenoxy) is 1. The lowest BCUT2D eigenvalue weighted by Gasteiger charge is -2.29. The van der Waals surface area contributed by atoms with Crippen LogP contribution >= 0.6 is 0 Å². The van der Waals surface area contributed by atoms with Gasteiger partial charge < -0.3 is 9.84 Å². The maximum atomic E-state index is 12.6. The van der Waals surface area contributed by atoms with Gasteiger partial charge in [0, 0.05) is 12.2 Å². The summed E-state index contributed by atoms with van der Waals surface area (Å²) in [7, 11) is -2.57. The second-order valence-corrected chi connectivity index (χ2v) is 8.30. The van der Waals surface area contributed by atoms with Crippen molar-refractivity contribution in [1.29, 1.82) is 0 Å². The number of anilines is 1. The third-order valence-electron chi connectivity index (χ3n) is 4.65. The number of hydrogen-bond acceptors (Lipinski definition) is 5. The summed E-state index contributed by atoms with van der Waals surface area (Å²) in [5.74, 6) is 0.0363. The molecule has 7 nitrogen and oxygen atoms in total. The summed E-state index contributed by atoms with van der Waals surface area (Å²) < 4.78 is 32.2. The minimum Gasteiger partial charge on any atom is -0.453 e. The van der Waals surface area contributed by atoms with Gasteiger partial charge in [0.25, 0.3) is 0 Å². The highest BCUT2D eigenvalue weighted by atomic mass is 32.2. The topological polar surface area (TPSA) is 105 Å². The molecule has 1 atom stereocenters. The molecule has 1 amide bonds. The molecule has 2 aromatic carbocycles. The van der Waals surface area contributed by atoms with Crippen molar-refractivity contribution in [3.05, 3.63) is 60.2 Å². The highest BCUT2D eigenvalue weighted by Crippen LogP contribution is 2.45. The van der Waals surface area contributed by atoms with Gasteiger partial charge in [0.15, 0.2) is 0 Å². The Kier molecular flexibility index (Phi) is 5.50. The normalized spacial score (nSPS) is 16.4. The van der Waals surface area contributed by atoms with Crippen molar-refractivity contribution in [2.75, 3.05) is 19.0 Å². The van der Waals surface area contributed by atoms with Crippen LogP contribution in [0.1, 0.15) is 18.4 Å². The maximum absolute atomic E-state index is 12.6. The second kappa shape index (κ2) is 7.67. The molecule has 2 aromatic rings. The van der Waals surface area contributed by atoms with Crippen LogP contribution < -0.4 is 10.0 Å². The summed E-state index contributed by atoms with van der Waals surface area (Å²) in [6.07, 6.45) is 1.09. The fourth-order valence-electron chi connectivity index (χ4n) is 2.94. The van der Waals surface area contributed by atoms with E-state index in [4.69, 9.17) is 0 Å². The molecular weight excluding hydrogens is 368 g/mol. The average molecular weight is 390 g/mol. The molecule has 3 N–H and O–H groups in total. The Morgan fingerprint density at radius 3 is 2.33 bits per heavy atom. The van der Waals surface area contributed by atoms with Crippen LogP contribution in [0.15, 0.2) is 59.5 Å². The van der Waals surface area contributed by atoms with Crippen LogP contribution in [-0.4, -0.2) is 33.3 Å². The van der Waals surface area contributed by atoms with Crippen LogP contribution in [0.3, 0.4) is 0 Å². The van der Waals surface area contributed by atoms with Gasteiger partial charge in [-0.05, 0) is 48.6 Å². The summed E-state index contributed by atoms with van der Waals surface area (Å²) >= 11 is 0. The van der Waals surface area contributed by atoms with Crippen molar-refractivity contribution in [3.63, 3.8) is 0 Å². The Hall–Kier alpha value is -2.42. The first-order valence-corrected chi connectivity index (χ1v) is 10.1. The number of aliphatic hydroxyl groups is 1. The lowest BCUT2D eigenvalue weighted by atomic mass is 9.89. The van der Waals surface area contributed by atoms with Crippen LogP contribution in [0, 0.1) is 5.92 Å². The SMILES string of the molecule is COC(=O)Nc1ccc(S(=O)(=O)NCC(O)(c2ccccc2)C2CC2)cc1. The molecular formula is C19H22N2O5S. The van der Waals surface area contributed by atoms with Crippen LogP contribution in [0.4, 0.5) is 10.5 Å². The molecule has 27 heavy (non-hydrogen) atoms. The number of hydrogen-bond donors (Lipinski definition) is 3. The number of rotatable bonds is 7. The van der Waals surface area contributed by atoms with Crippen molar-refractivity contribution in [3.8, 4) is 0 Å². The number of methoxy groups -OCH3 is 1. The zero-order chi connectivity index (χ0) is 19.5. The quantitative estimate of drug-likeness (QED) is 0.674. The highest BCUT2D eigenvalue weighted by Gasteiger charge is 2.45. The summed E-state index contributed by atoms with van der Waals surface area (Å²) in [4.78, 5) is 11.2. The standard InChI is InChI=1S/C19H22N2O5S/c1-26-18(22)21-16-9-11-17(12-10-16)27(24,25)20-13-19(23,15-7-8-15)14-5-3-2-4-6-14/h2-6,9-12,15,20,23H,7-8,13H2,1H3,(H,21,22).